The fourth-order valence-electron chi connectivity index (χ4n) is 3.69. The Hall–Kier alpha value is 1.54. The summed E-state index contributed by atoms with van der Waals surface area (Å²) in [6.45, 7) is 0. The molecule has 42 heteroatoms. The van der Waals surface area contributed by atoms with Crippen molar-refractivity contribution in [2.45, 2.75) is 58.7 Å². The second-order valence-electron chi connectivity index (χ2n) is 8.49. The first kappa shape index (κ1) is 51.7. The van der Waals surface area contributed by atoms with Crippen molar-refractivity contribution in [2.75, 3.05) is 0 Å². The number of benzene rings is 2. The van der Waals surface area contributed by atoms with E-state index in [9.17, 15) is 84.2 Å². The lowest BCUT2D eigenvalue weighted by Gasteiger charge is -2.21. The normalized spacial score (nSPS) is 14.6. The van der Waals surface area contributed by atoms with Crippen LogP contribution in [0.5, 0.6) is 0 Å². The minimum atomic E-state index is -6.17. The standard InChI is InChI=1S/C12Cl10O20S12/c13-45(23,24)3-1(4(46(14,25)26)8(50(18,33)34)11(53(21,39)40)7(3)49(17,31)32)43-44-2-5(47(15,27)28)9(51(19,35)36)12(54(22,41)42)10(52(20,37)38)6(2)48(16,29)30. The van der Waals surface area contributed by atoms with Gasteiger partial charge in [0.05, 0.1) is 9.79 Å². The highest BCUT2D eigenvalue weighted by Crippen LogP contribution is 2.57. The molecule has 0 aliphatic carbocycles. The molecule has 0 spiro atoms. The van der Waals surface area contributed by atoms with Crippen molar-refractivity contribution in [2.24, 2.45) is 0 Å². The van der Waals surface area contributed by atoms with E-state index in [1.54, 1.807) is 0 Å². The van der Waals surface area contributed by atoms with E-state index in [1.807, 2.05) is 0 Å². The summed E-state index contributed by atoms with van der Waals surface area (Å²) < 4.78 is 255. The summed E-state index contributed by atoms with van der Waals surface area (Å²) >= 11 is 0. The fraction of sp³-hybridized carbons (Fsp3) is 0. The highest BCUT2D eigenvalue weighted by molar-refractivity contribution is 8.76. The lowest BCUT2D eigenvalue weighted by Crippen LogP contribution is -2.18. The molecule has 54 heavy (non-hydrogen) atoms. The van der Waals surface area contributed by atoms with E-state index < -0.39 is 171 Å². The Morgan fingerprint density at radius 1 is 0.204 bits per heavy atom. The predicted molar refractivity (Wildman–Crippen MR) is 195 cm³/mol. The van der Waals surface area contributed by atoms with Gasteiger partial charge in [0.25, 0.3) is 90.5 Å². The largest absolute Gasteiger partial charge is 0.264 e. The third-order valence-corrected chi connectivity index (χ3v) is 22.7. The van der Waals surface area contributed by atoms with Gasteiger partial charge in [-0.2, -0.15) is 0 Å². The highest BCUT2D eigenvalue weighted by Gasteiger charge is 2.49. The summed E-state index contributed by atoms with van der Waals surface area (Å²) in [7, 11) is -11.5. The SMILES string of the molecule is O=S(=O)(Cl)c1c(SSc2c(S(=O)(=O)Cl)c(S(=O)(=O)Cl)c(S(=O)(=O)Cl)c(S(=O)(=O)Cl)c2S(=O)(=O)Cl)c(S(=O)(=O)Cl)c(S(=O)(=O)Cl)c(S(=O)(=O)Cl)c1S(=O)(=O)Cl. The van der Waals surface area contributed by atoms with Gasteiger partial charge in [-0.25, -0.2) is 84.2 Å². The number of hydrogen-bond acceptors (Lipinski definition) is 22. The van der Waals surface area contributed by atoms with Gasteiger partial charge in [0, 0.05) is 107 Å². The molecule has 0 aliphatic rings. The maximum Gasteiger partial charge on any atom is 0.264 e. The second-order valence-corrected chi connectivity index (χ2v) is 35.7. The summed E-state index contributed by atoms with van der Waals surface area (Å²) in [5, 5.41) is 0. The van der Waals surface area contributed by atoms with Gasteiger partial charge in [-0.1, -0.05) is 0 Å². The van der Waals surface area contributed by atoms with Crippen LogP contribution in [0.2, 0.25) is 0 Å². The summed E-state index contributed by atoms with van der Waals surface area (Å²) in [5.74, 6) is 0. The van der Waals surface area contributed by atoms with E-state index in [2.05, 4.69) is 0 Å². The molecule has 0 saturated carbocycles. The Kier molecular flexibility index (Phi) is 15.1. The summed E-state index contributed by atoms with van der Waals surface area (Å²) in [6.07, 6.45) is 0. The lowest BCUT2D eigenvalue weighted by molar-refractivity contribution is 0.565. The zero-order valence-corrected chi connectivity index (χ0v) is 40.2. The van der Waals surface area contributed by atoms with Crippen molar-refractivity contribution in [3.05, 3.63) is 0 Å². The van der Waals surface area contributed by atoms with Crippen LogP contribution < -0.4 is 0 Å². The van der Waals surface area contributed by atoms with Gasteiger partial charge in [-0.15, -0.1) is 0 Å². The molecule has 0 bridgehead atoms. The zero-order chi connectivity index (χ0) is 43.3. The van der Waals surface area contributed by atoms with Crippen molar-refractivity contribution >= 4 is 219 Å². The maximum absolute atomic E-state index is 12.9. The minimum Gasteiger partial charge on any atom is -0.207 e. The number of halogens is 10. The van der Waals surface area contributed by atoms with Crippen molar-refractivity contribution < 1.29 is 84.2 Å². The molecule has 2 aromatic rings. The smallest absolute Gasteiger partial charge is 0.207 e. The minimum absolute atomic E-state index is 1.03. The van der Waals surface area contributed by atoms with E-state index in [-0.39, 0.29) is 0 Å². The number of rotatable bonds is 13. The van der Waals surface area contributed by atoms with Crippen LogP contribution in [0.3, 0.4) is 0 Å². The Labute approximate surface area is 356 Å². The van der Waals surface area contributed by atoms with Crippen molar-refractivity contribution in [3.63, 3.8) is 0 Å². The molecule has 0 radical (unpaired) electrons. The molecule has 20 nitrogen and oxygen atoms in total. The van der Waals surface area contributed by atoms with Crippen LogP contribution in [0.15, 0.2) is 58.7 Å². The van der Waals surface area contributed by atoms with Gasteiger partial charge < -0.3 is 0 Å². The highest BCUT2D eigenvalue weighted by atomic mass is 35.7. The molecule has 0 amide bonds. The van der Waals surface area contributed by atoms with Gasteiger partial charge in [-0.3, -0.25) is 0 Å². The molecule has 0 N–H and O–H groups in total. The number of hydrogen-bond donors (Lipinski definition) is 0. The molecule has 0 atom stereocenters. The van der Waals surface area contributed by atoms with E-state index in [0.717, 1.165) is 0 Å². The van der Waals surface area contributed by atoms with Crippen LogP contribution in [0.4, 0.5) is 0 Å². The van der Waals surface area contributed by atoms with Gasteiger partial charge in [-0.05, 0) is 21.6 Å². The molecular formula is C12Cl10O20S12. The fourth-order valence-corrected chi connectivity index (χ4v) is 28.4. The van der Waals surface area contributed by atoms with E-state index in [1.165, 1.54) is 0 Å². The topological polar surface area (TPSA) is 341 Å². The van der Waals surface area contributed by atoms with Crippen LogP contribution in [0, 0.1) is 0 Å². The van der Waals surface area contributed by atoms with Gasteiger partial charge >= 0.3 is 0 Å². The Bertz CT molecular complexity index is 2820. The second kappa shape index (κ2) is 15.8. The first-order valence-corrected chi connectivity index (χ1v) is 35.7. The van der Waals surface area contributed by atoms with Crippen LogP contribution in [-0.2, 0) is 90.5 Å². The monoisotopic (exact) mass is 1200 g/mol. The zero-order valence-electron chi connectivity index (χ0n) is 22.8. The van der Waals surface area contributed by atoms with Gasteiger partial charge in [0.15, 0.2) is 0 Å². The Morgan fingerprint density at radius 3 is 0.389 bits per heavy atom. The summed E-state index contributed by atoms with van der Waals surface area (Å²) in [6, 6.07) is 0. The van der Waals surface area contributed by atoms with Crippen molar-refractivity contribution in [3.8, 4) is 0 Å². The van der Waals surface area contributed by atoms with Crippen LogP contribution >= 0.6 is 128 Å². The average Bonchev–Trinajstić information content (AvgIpc) is 2.83. The third-order valence-electron chi connectivity index (χ3n) is 5.12. The molecular weight excluding hydrogens is 1200 g/mol. The molecule has 0 unspecified atom stereocenters. The molecule has 2 aromatic carbocycles. The van der Waals surface area contributed by atoms with Gasteiger partial charge in [0.1, 0.15) is 49.0 Å². The molecule has 0 heterocycles. The first-order chi connectivity index (χ1) is 23.2. The first-order valence-electron chi connectivity index (χ1n) is 10.5. The Morgan fingerprint density at radius 2 is 0.296 bits per heavy atom. The van der Waals surface area contributed by atoms with E-state index in [4.69, 9.17) is 107 Å². The van der Waals surface area contributed by atoms with Crippen molar-refractivity contribution in [1.29, 1.82) is 0 Å². The average molecular weight is 1200 g/mol. The van der Waals surface area contributed by atoms with E-state index >= 15 is 0 Å². The lowest BCUT2D eigenvalue weighted by atomic mass is 10.3. The summed E-state index contributed by atoms with van der Waals surface area (Å²) in [4.78, 5) is -29.5. The van der Waals surface area contributed by atoms with Gasteiger partial charge in [0.2, 0.25) is 0 Å². The molecule has 0 aliphatic heterocycles. The predicted octanol–water partition coefficient (Wildman–Crippen LogP) is 3.76. The molecule has 0 saturated heterocycles. The Balaban J connectivity index is 3.87. The molecule has 0 fully saturated rings. The third kappa shape index (κ3) is 11.3. The van der Waals surface area contributed by atoms with Crippen LogP contribution in [0.25, 0.3) is 0 Å². The molecule has 0 aromatic heterocycles. The van der Waals surface area contributed by atoms with Crippen molar-refractivity contribution in [1.82, 2.24) is 0 Å². The van der Waals surface area contributed by atoms with Crippen LogP contribution in [0.1, 0.15) is 0 Å². The maximum atomic E-state index is 12.9. The summed E-state index contributed by atoms with van der Waals surface area (Å²) in [5.41, 5.74) is 0. The molecule has 310 valence electrons. The van der Waals surface area contributed by atoms with Crippen LogP contribution in [-0.4, -0.2) is 84.2 Å². The van der Waals surface area contributed by atoms with E-state index in [0.29, 0.717) is 0 Å². The quantitative estimate of drug-likeness (QED) is 0.203. The molecule has 2 rings (SSSR count).